The fourth-order valence-corrected chi connectivity index (χ4v) is 1.51. The van der Waals surface area contributed by atoms with Gasteiger partial charge in [-0.3, -0.25) is 0 Å². The van der Waals surface area contributed by atoms with Gasteiger partial charge in [0.2, 0.25) is 5.95 Å². The summed E-state index contributed by atoms with van der Waals surface area (Å²) in [4.78, 5) is 2.22. The van der Waals surface area contributed by atoms with Crippen molar-refractivity contribution in [1.82, 2.24) is 25.1 Å². The first kappa shape index (κ1) is 9.35. The largest absolute Gasteiger partial charge is 0.374 e. The number of ether oxygens (including phenoxy) is 1. The Morgan fingerprint density at radius 3 is 3.14 bits per heavy atom. The van der Waals surface area contributed by atoms with Gasteiger partial charge in [-0.25, -0.2) is 4.68 Å². The molecule has 1 aromatic heterocycles. The molecule has 1 aliphatic rings. The van der Waals surface area contributed by atoms with Crippen LogP contribution in [0.1, 0.15) is 0 Å². The second-order valence-electron chi connectivity index (χ2n) is 3.47. The van der Waals surface area contributed by atoms with Crippen molar-refractivity contribution >= 4 is 5.95 Å². The quantitative estimate of drug-likeness (QED) is 0.628. The second kappa shape index (κ2) is 3.89. The molecule has 7 heteroatoms. The van der Waals surface area contributed by atoms with E-state index in [2.05, 4.69) is 27.5 Å². The predicted octanol–water partition coefficient (Wildman–Crippen LogP) is -1.41. The highest BCUT2D eigenvalue weighted by atomic mass is 16.5. The van der Waals surface area contributed by atoms with Crippen LogP contribution in [0.3, 0.4) is 0 Å². The molecule has 2 N–H and O–H groups in total. The first-order valence-electron chi connectivity index (χ1n) is 4.57. The maximum Gasteiger partial charge on any atom is 0.240 e. The van der Waals surface area contributed by atoms with Gasteiger partial charge in [-0.05, 0) is 17.5 Å². The van der Waals surface area contributed by atoms with E-state index < -0.39 is 0 Å². The summed E-state index contributed by atoms with van der Waals surface area (Å²) < 4.78 is 7.12. The van der Waals surface area contributed by atoms with Crippen LogP contribution in [-0.4, -0.2) is 58.0 Å². The molecule has 1 atom stereocenters. The molecule has 78 valence electrons. The number of hydrogen-bond acceptors (Lipinski definition) is 6. The van der Waals surface area contributed by atoms with Crippen LogP contribution < -0.4 is 5.73 Å². The minimum Gasteiger partial charge on any atom is -0.374 e. The number of nitrogens with two attached hydrogens (primary N) is 1. The van der Waals surface area contributed by atoms with Crippen LogP contribution in [0.15, 0.2) is 0 Å². The third-order valence-corrected chi connectivity index (χ3v) is 2.28. The Balaban J connectivity index is 1.94. The molecule has 0 bridgehead atoms. The minimum atomic E-state index is 0.125. The van der Waals surface area contributed by atoms with E-state index in [0.717, 1.165) is 19.7 Å². The molecule has 1 saturated heterocycles. The zero-order chi connectivity index (χ0) is 9.97. The number of nitrogens with zero attached hydrogens (tertiary/aromatic N) is 5. The average Bonchev–Trinajstić information content (AvgIpc) is 2.52. The van der Waals surface area contributed by atoms with Gasteiger partial charge < -0.3 is 15.4 Å². The zero-order valence-corrected chi connectivity index (χ0v) is 8.13. The van der Waals surface area contributed by atoms with Crippen LogP contribution in [0, 0.1) is 0 Å². The van der Waals surface area contributed by atoms with Crippen molar-refractivity contribution in [2.75, 3.05) is 32.5 Å². The molecular weight excluding hydrogens is 184 g/mol. The highest BCUT2D eigenvalue weighted by Crippen LogP contribution is 2.06. The molecule has 7 nitrogen and oxygen atoms in total. The summed E-state index contributed by atoms with van der Waals surface area (Å²) in [6.07, 6.45) is 0.125. The molecular formula is C7H14N6O. The molecule has 1 fully saturated rings. The van der Waals surface area contributed by atoms with Gasteiger partial charge >= 0.3 is 0 Å². The van der Waals surface area contributed by atoms with Crippen molar-refractivity contribution < 1.29 is 4.74 Å². The minimum absolute atomic E-state index is 0.125. The van der Waals surface area contributed by atoms with Crippen LogP contribution in [0.2, 0.25) is 0 Å². The third-order valence-electron chi connectivity index (χ3n) is 2.28. The normalized spacial score (nSPS) is 23.9. The van der Waals surface area contributed by atoms with Gasteiger partial charge in [0.05, 0.1) is 19.3 Å². The van der Waals surface area contributed by atoms with Gasteiger partial charge in [0.15, 0.2) is 0 Å². The number of tetrazole rings is 1. The lowest BCUT2D eigenvalue weighted by Crippen LogP contribution is -2.42. The van der Waals surface area contributed by atoms with Crippen LogP contribution in [-0.2, 0) is 11.3 Å². The summed E-state index contributed by atoms with van der Waals surface area (Å²) in [7, 11) is 2.07. The fraction of sp³-hybridized carbons (Fsp3) is 0.857. The van der Waals surface area contributed by atoms with Gasteiger partial charge in [0.1, 0.15) is 0 Å². The fourth-order valence-electron chi connectivity index (χ4n) is 1.51. The van der Waals surface area contributed by atoms with Gasteiger partial charge in [0, 0.05) is 13.1 Å². The Labute approximate surface area is 81.8 Å². The van der Waals surface area contributed by atoms with Crippen molar-refractivity contribution in [3.05, 3.63) is 0 Å². The summed E-state index contributed by atoms with van der Waals surface area (Å²) in [5, 5.41) is 10.9. The van der Waals surface area contributed by atoms with Crippen LogP contribution >= 0.6 is 0 Å². The number of rotatable bonds is 2. The topological polar surface area (TPSA) is 82.1 Å². The van der Waals surface area contributed by atoms with E-state index in [9.17, 15) is 0 Å². The number of morpholine rings is 1. The van der Waals surface area contributed by atoms with Gasteiger partial charge in [0.25, 0.3) is 0 Å². The molecule has 0 radical (unpaired) electrons. The Morgan fingerprint density at radius 2 is 2.50 bits per heavy atom. The third kappa shape index (κ3) is 1.99. The molecule has 2 rings (SSSR count). The monoisotopic (exact) mass is 198 g/mol. The lowest BCUT2D eigenvalue weighted by Gasteiger charge is -2.29. The lowest BCUT2D eigenvalue weighted by molar-refractivity contribution is -0.0289. The summed E-state index contributed by atoms with van der Waals surface area (Å²) >= 11 is 0. The number of anilines is 1. The smallest absolute Gasteiger partial charge is 0.240 e. The maximum atomic E-state index is 5.56. The van der Waals surface area contributed by atoms with Crippen molar-refractivity contribution in [2.24, 2.45) is 0 Å². The molecule has 0 spiro atoms. The highest BCUT2D eigenvalue weighted by molar-refractivity contribution is 5.10. The van der Waals surface area contributed by atoms with E-state index >= 15 is 0 Å². The Hall–Kier alpha value is -1.21. The summed E-state index contributed by atoms with van der Waals surface area (Å²) in [5.74, 6) is 0.335. The summed E-state index contributed by atoms with van der Waals surface area (Å²) in [5.41, 5.74) is 5.55. The summed E-state index contributed by atoms with van der Waals surface area (Å²) in [6, 6.07) is 0. The van der Waals surface area contributed by atoms with E-state index in [4.69, 9.17) is 10.5 Å². The van der Waals surface area contributed by atoms with Crippen molar-refractivity contribution in [2.45, 2.75) is 12.6 Å². The molecule has 0 saturated carbocycles. The van der Waals surface area contributed by atoms with E-state index in [1.807, 2.05) is 0 Å². The van der Waals surface area contributed by atoms with Crippen molar-refractivity contribution in [3.63, 3.8) is 0 Å². The summed E-state index contributed by atoms with van der Waals surface area (Å²) in [6.45, 7) is 3.23. The number of likely N-dealkylation sites (N-methyl/N-ethyl adjacent to an activating group) is 1. The molecule has 0 aliphatic carbocycles. The molecule has 1 aliphatic heterocycles. The first-order chi connectivity index (χ1) is 6.75. The first-order valence-corrected chi connectivity index (χ1v) is 4.57. The molecule has 14 heavy (non-hydrogen) atoms. The molecule has 2 heterocycles. The predicted molar refractivity (Wildman–Crippen MR) is 49.5 cm³/mol. The van der Waals surface area contributed by atoms with Crippen LogP contribution in [0.5, 0.6) is 0 Å². The number of hydrogen-bond donors (Lipinski definition) is 1. The van der Waals surface area contributed by atoms with E-state index in [-0.39, 0.29) is 6.10 Å². The Bertz CT molecular complexity index is 300. The highest BCUT2D eigenvalue weighted by Gasteiger charge is 2.19. The Kier molecular flexibility index (Phi) is 2.60. The van der Waals surface area contributed by atoms with Crippen molar-refractivity contribution in [3.8, 4) is 0 Å². The molecule has 0 amide bonds. The maximum absolute atomic E-state index is 5.56. The molecule has 0 aromatic carbocycles. The van der Waals surface area contributed by atoms with E-state index in [1.165, 1.54) is 0 Å². The van der Waals surface area contributed by atoms with Gasteiger partial charge in [-0.1, -0.05) is 5.10 Å². The lowest BCUT2D eigenvalue weighted by atomic mass is 10.3. The van der Waals surface area contributed by atoms with E-state index in [1.54, 1.807) is 4.68 Å². The standard InChI is InChI=1S/C7H14N6O/c1-12-2-3-14-6(4-12)5-13-7(8)9-10-11-13/h6H,2-5H2,1H3,(H2,8,9,11). The zero-order valence-electron chi connectivity index (χ0n) is 8.13. The molecule has 1 unspecified atom stereocenters. The Morgan fingerprint density at radius 1 is 1.64 bits per heavy atom. The van der Waals surface area contributed by atoms with Gasteiger partial charge in [-0.15, -0.1) is 0 Å². The van der Waals surface area contributed by atoms with Crippen LogP contribution in [0.25, 0.3) is 0 Å². The molecule has 1 aromatic rings. The van der Waals surface area contributed by atoms with Crippen molar-refractivity contribution in [1.29, 1.82) is 0 Å². The number of aromatic nitrogens is 4. The SMILES string of the molecule is CN1CCOC(Cn2nnnc2N)C1. The van der Waals surface area contributed by atoms with E-state index in [0.29, 0.717) is 12.5 Å². The second-order valence-corrected chi connectivity index (χ2v) is 3.47. The van der Waals surface area contributed by atoms with Crippen LogP contribution in [0.4, 0.5) is 5.95 Å². The van der Waals surface area contributed by atoms with Gasteiger partial charge in [-0.2, -0.15) is 0 Å². The number of nitrogen functional groups attached to an aromatic ring is 1. The average molecular weight is 198 g/mol.